The van der Waals surface area contributed by atoms with Gasteiger partial charge in [-0.25, -0.2) is 0 Å². The molecule has 2 aromatic heterocycles. The lowest BCUT2D eigenvalue weighted by Crippen LogP contribution is -1.90. The molecular weight excluding hydrogens is 440 g/mol. The summed E-state index contributed by atoms with van der Waals surface area (Å²) in [6, 6.07) is 40.8. The Bertz CT molecular complexity index is 2030. The maximum Gasteiger partial charge on any atom is 0.136 e. The van der Waals surface area contributed by atoms with E-state index in [1.54, 1.807) is 6.26 Å². The smallest absolute Gasteiger partial charge is 0.136 e. The number of furan rings is 2. The summed E-state index contributed by atoms with van der Waals surface area (Å²) in [5, 5.41) is 8.30. The predicted molar refractivity (Wildman–Crippen MR) is 149 cm³/mol. The minimum atomic E-state index is 0.874. The quantitative estimate of drug-likeness (QED) is 0.240. The third-order valence-corrected chi connectivity index (χ3v) is 7.35. The zero-order chi connectivity index (χ0) is 23.6. The third kappa shape index (κ3) is 2.67. The van der Waals surface area contributed by atoms with Gasteiger partial charge in [0.05, 0.1) is 6.26 Å². The van der Waals surface area contributed by atoms with Crippen molar-refractivity contribution in [3.05, 3.63) is 122 Å². The third-order valence-electron chi connectivity index (χ3n) is 7.35. The fourth-order valence-electron chi connectivity index (χ4n) is 5.83. The zero-order valence-corrected chi connectivity index (χ0v) is 19.4. The molecule has 0 N–H and O–H groups in total. The molecule has 0 amide bonds. The van der Waals surface area contributed by atoms with Gasteiger partial charge in [-0.15, -0.1) is 0 Å². The molecule has 0 bridgehead atoms. The first-order valence-corrected chi connectivity index (χ1v) is 12.2. The first-order valence-electron chi connectivity index (χ1n) is 12.2. The lowest BCUT2D eigenvalue weighted by Gasteiger charge is -2.17. The van der Waals surface area contributed by atoms with E-state index >= 15 is 0 Å². The predicted octanol–water partition coefficient (Wildman–Crippen LogP) is 9.97. The van der Waals surface area contributed by atoms with Gasteiger partial charge in [-0.3, -0.25) is 0 Å². The van der Waals surface area contributed by atoms with Gasteiger partial charge in [0.15, 0.2) is 0 Å². The van der Waals surface area contributed by atoms with E-state index in [0.29, 0.717) is 0 Å². The molecule has 0 saturated carbocycles. The Hall–Kier alpha value is -4.82. The van der Waals surface area contributed by atoms with E-state index < -0.39 is 0 Å². The van der Waals surface area contributed by atoms with Crippen molar-refractivity contribution in [2.24, 2.45) is 0 Å². The molecule has 0 radical (unpaired) electrons. The molecule has 8 rings (SSSR count). The summed E-state index contributed by atoms with van der Waals surface area (Å²) in [4.78, 5) is 0. The summed E-state index contributed by atoms with van der Waals surface area (Å²) in [7, 11) is 0. The highest BCUT2D eigenvalue weighted by molar-refractivity contribution is 6.23. The van der Waals surface area contributed by atoms with Crippen molar-refractivity contribution in [3.8, 4) is 22.3 Å². The second kappa shape index (κ2) is 7.34. The van der Waals surface area contributed by atoms with Crippen molar-refractivity contribution in [3.63, 3.8) is 0 Å². The van der Waals surface area contributed by atoms with Crippen LogP contribution in [0.4, 0.5) is 0 Å². The molecule has 36 heavy (non-hydrogen) atoms. The number of benzene rings is 6. The molecule has 0 fully saturated rings. The van der Waals surface area contributed by atoms with E-state index in [2.05, 4.69) is 97.1 Å². The van der Waals surface area contributed by atoms with Crippen LogP contribution in [-0.2, 0) is 0 Å². The van der Waals surface area contributed by atoms with Crippen LogP contribution in [0.2, 0.25) is 0 Å². The van der Waals surface area contributed by atoms with Gasteiger partial charge in [0.2, 0.25) is 0 Å². The van der Waals surface area contributed by atoms with E-state index in [4.69, 9.17) is 8.83 Å². The largest absolute Gasteiger partial charge is 0.464 e. The first-order chi connectivity index (χ1) is 17.9. The minimum Gasteiger partial charge on any atom is -0.464 e. The van der Waals surface area contributed by atoms with Crippen LogP contribution in [-0.4, -0.2) is 0 Å². The zero-order valence-electron chi connectivity index (χ0n) is 19.4. The number of hydrogen-bond acceptors (Lipinski definition) is 2. The van der Waals surface area contributed by atoms with Crippen molar-refractivity contribution >= 4 is 54.5 Å². The molecule has 6 aromatic carbocycles. The molecule has 0 aliphatic rings. The Labute approximate surface area is 207 Å². The fraction of sp³-hybridized carbons (Fsp3) is 0. The second-order valence-corrected chi connectivity index (χ2v) is 9.29. The standard InChI is InChI=1S/C34H20O2/c1-2-8-21(9-3-1)32-23-10-4-6-12-25(23)33(26-13-7-5-11-24(26)32)22-14-15-30-28(20-22)34-27-18-19-35-29(27)16-17-31(34)36-30/h1-20H. The summed E-state index contributed by atoms with van der Waals surface area (Å²) in [5.74, 6) is 0. The van der Waals surface area contributed by atoms with Crippen molar-refractivity contribution in [2.75, 3.05) is 0 Å². The maximum atomic E-state index is 6.23. The summed E-state index contributed by atoms with van der Waals surface area (Å²) >= 11 is 0. The van der Waals surface area contributed by atoms with Crippen LogP contribution < -0.4 is 0 Å². The molecule has 168 valence electrons. The second-order valence-electron chi connectivity index (χ2n) is 9.29. The van der Waals surface area contributed by atoms with Gasteiger partial charge in [-0.2, -0.15) is 0 Å². The van der Waals surface area contributed by atoms with Crippen molar-refractivity contribution in [2.45, 2.75) is 0 Å². The van der Waals surface area contributed by atoms with E-state index in [-0.39, 0.29) is 0 Å². The molecular formula is C34H20O2. The van der Waals surface area contributed by atoms with Crippen LogP contribution in [0.3, 0.4) is 0 Å². The van der Waals surface area contributed by atoms with Crippen LogP contribution in [0.15, 0.2) is 130 Å². The van der Waals surface area contributed by atoms with Crippen LogP contribution in [0.25, 0.3) is 76.7 Å². The molecule has 0 aliphatic heterocycles. The summed E-state index contributed by atoms with van der Waals surface area (Å²) in [6.45, 7) is 0. The van der Waals surface area contributed by atoms with Gasteiger partial charge in [-0.1, -0.05) is 84.9 Å². The molecule has 0 atom stereocenters. The Kier molecular flexibility index (Phi) is 3.97. The van der Waals surface area contributed by atoms with E-state index in [1.807, 2.05) is 18.2 Å². The molecule has 2 heteroatoms. The normalized spacial score (nSPS) is 11.9. The van der Waals surface area contributed by atoms with Crippen LogP contribution in [0, 0.1) is 0 Å². The van der Waals surface area contributed by atoms with Crippen LogP contribution in [0.5, 0.6) is 0 Å². The topological polar surface area (TPSA) is 26.3 Å². The number of hydrogen-bond donors (Lipinski definition) is 0. The van der Waals surface area contributed by atoms with Crippen molar-refractivity contribution in [1.29, 1.82) is 0 Å². The Balaban J connectivity index is 1.52. The van der Waals surface area contributed by atoms with E-state index in [1.165, 1.54) is 43.8 Å². The van der Waals surface area contributed by atoms with Gasteiger partial charge in [0.25, 0.3) is 0 Å². The highest BCUT2D eigenvalue weighted by Gasteiger charge is 2.18. The SMILES string of the molecule is c1ccc(-c2c3ccccc3c(-c3ccc4oc5ccc6occc6c5c4c3)c3ccccc23)cc1. The van der Waals surface area contributed by atoms with E-state index in [0.717, 1.165) is 32.9 Å². The Morgan fingerprint density at radius 3 is 1.67 bits per heavy atom. The highest BCUT2D eigenvalue weighted by atomic mass is 16.3. The molecule has 0 aliphatic carbocycles. The van der Waals surface area contributed by atoms with Gasteiger partial charge in [0.1, 0.15) is 16.7 Å². The molecule has 0 spiro atoms. The highest BCUT2D eigenvalue weighted by Crippen LogP contribution is 2.45. The average molecular weight is 461 g/mol. The molecule has 0 unspecified atom stereocenters. The lowest BCUT2D eigenvalue weighted by atomic mass is 9.86. The Morgan fingerprint density at radius 1 is 0.389 bits per heavy atom. The van der Waals surface area contributed by atoms with Crippen LogP contribution >= 0.6 is 0 Å². The van der Waals surface area contributed by atoms with Crippen molar-refractivity contribution < 1.29 is 8.83 Å². The van der Waals surface area contributed by atoms with Crippen molar-refractivity contribution in [1.82, 2.24) is 0 Å². The molecule has 2 nitrogen and oxygen atoms in total. The first kappa shape index (κ1) is 19.5. The fourth-order valence-corrected chi connectivity index (χ4v) is 5.83. The molecule has 8 aromatic rings. The summed E-state index contributed by atoms with van der Waals surface area (Å²) in [6.07, 6.45) is 1.75. The van der Waals surface area contributed by atoms with Crippen LogP contribution in [0.1, 0.15) is 0 Å². The summed E-state index contributed by atoms with van der Waals surface area (Å²) in [5.41, 5.74) is 7.57. The number of rotatable bonds is 2. The number of fused-ring (bicyclic) bond motifs is 7. The molecule has 2 heterocycles. The van der Waals surface area contributed by atoms with Gasteiger partial charge < -0.3 is 8.83 Å². The van der Waals surface area contributed by atoms with Gasteiger partial charge >= 0.3 is 0 Å². The summed E-state index contributed by atoms with van der Waals surface area (Å²) < 4.78 is 11.9. The van der Waals surface area contributed by atoms with E-state index in [9.17, 15) is 0 Å². The lowest BCUT2D eigenvalue weighted by molar-refractivity contribution is 0.615. The van der Waals surface area contributed by atoms with Gasteiger partial charge in [-0.05, 0) is 74.1 Å². The minimum absolute atomic E-state index is 0.874. The maximum absolute atomic E-state index is 6.23. The molecule has 0 saturated heterocycles. The van der Waals surface area contributed by atoms with Gasteiger partial charge in [0, 0.05) is 16.2 Å². The average Bonchev–Trinajstić information content (AvgIpc) is 3.56. The monoisotopic (exact) mass is 460 g/mol. The Morgan fingerprint density at radius 2 is 0.972 bits per heavy atom.